The molecule has 134 valence electrons. The molecule has 0 aliphatic carbocycles. The molecule has 0 unspecified atom stereocenters. The summed E-state index contributed by atoms with van der Waals surface area (Å²) in [7, 11) is 0. The fraction of sp³-hybridized carbons (Fsp3) is 0.250. The van der Waals surface area contributed by atoms with Crippen molar-refractivity contribution in [2.75, 3.05) is 0 Å². The minimum Gasteiger partial charge on any atom is -0.244 e. The van der Waals surface area contributed by atoms with Gasteiger partial charge in [-0.3, -0.25) is 0 Å². The molecule has 6 heteroatoms. The third-order valence-corrected chi connectivity index (χ3v) is 4.30. The Bertz CT molecular complexity index is 978. The van der Waals surface area contributed by atoms with Gasteiger partial charge >= 0.3 is 5.69 Å². The topological polar surface area (TPSA) is 63.0 Å². The van der Waals surface area contributed by atoms with Crippen molar-refractivity contribution in [1.82, 2.24) is 14.9 Å². The molecule has 0 radical (unpaired) electrons. The summed E-state index contributed by atoms with van der Waals surface area (Å²) >= 11 is 6.02. The van der Waals surface area contributed by atoms with Crippen molar-refractivity contribution in [3.63, 3.8) is 0 Å². The zero-order valence-electron chi connectivity index (χ0n) is 15.0. The molecule has 0 aliphatic heterocycles. The lowest BCUT2D eigenvalue weighted by atomic mass is 9.87. The molecule has 3 rings (SSSR count). The molecular weight excluding hydrogens is 348 g/mol. The molecule has 0 atom stereocenters. The quantitative estimate of drug-likeness (QED) is 0.707. The number of benzene rings is 2. The van der Waals surface area contributed by atoms with E-state index in [1.165, 1.54) is 10.2 Å². The Labute approximate surface area is 157 Å². The van der Waals surface area contributed by atoms with Crippen molar-refractivity contribution < 1.29 is 0 Å². The lowest BCUT2D eigenvalue weighted by Gasteiger charge is -2.18. The predicted molar refractivity (Wildman–Crippen MR) is 105 cm³/mol. The van der Waals surface area contributed by atoms with E-state index < -0.39 is 0 Å². The second-order valence-corrected chi connectivity index (χ2v) is 7.62. The number of aromatic amines is 1. The number of nitrogens with one attached hydrogen (secondary N) is 1. The second kappa shape index (κ2) is 7.30. The first kappa shape index (κ1) is 18.1. The van der Waals surface area contributed by atoms with E-state index in [4.69, 9.17) is 11.6 Å². The molecule has 5 nitrogen and oxygen atoms in total. The fourth-order valence-electron chi connectivity index (χ4n) is 2.58. The summed E-state index contributed by atoms with van der Waals surface area (Å²) in [5.74, 6) is 0.528. The molecule has 2 aromatic carbocycles. The highest BCUT2D eigenvalue weighted by Gasteiger charge is 2.12. The molecule has 0 spiro atoms. The van der Waals surface area contributed by atoms with Crippen LogP contribution < -0.4 is 5.69 Å². The van der Waals surface area contributed by atoms with Gasteiger partial charge in [0.15, 0.2) is 5.82 Å². The molecular formula is C20H21ClN4O. The van der Waals surface area contributed by atoms with Crippen molar-refractivity contribution >= 4 is 17.8 Å². The second-order valence-electron chi connectivity index (χ2n) is 7.18. The molecule has 1 N–H and O–H groups in total. The van der Waals surface area contributed by atoms with E-state index in [0.29, 0.717) is 17.3 Å². The van der Waals surface area contributed by atoms with Gasteiger partial charge in [0.25, 0.3) is 0 Å². The molecule has 26 heavy (non-hydrogen) atoms. The largest absolute Gasteiger partial charge is 0.364 e. The van der Waals surface area contributed by atoms with Gasteiger partial charge in [-0.1, -0.05) is 68.8 Å². The predicted octanol–water partition coefficient (Wildman–Crippen LogP) is 4.00. The van der Waals surface area contributed by atoms with Crippen LogP contribution in [0.5, 0.6) is 0 Å². The van der Waals surface area contributed by atoms with Crippen LogP contribution in [-0.2, 0) is 11.8 Å². The lowest BCUT2D eigenvalue weighted by Crippen LogP contribution is -2.15. The summed E-state index contributed by atoms with van der Waals surface area (Å²) in [5.41, 5.74) is 2.85. The minimum absolute atomic E-state index is 0.0985. The van der Waals surface area contributed by atoms with Gasteiger partial charge in [-0.15, -0.1) is 0 Å². The van der Waals surface area contributed by atoms with Gasteiger partial charge in [0.1, 0.15) is 0 Å². The summed E-state index contributed by atoms with van der Waals surface area (Å²) in [6.07, 6.45) is 2.12. The van der Waals surface area contributed by atoms with E-state index in [2.05, 4.69) is 48.2 Å². The Kier molecular flexibility index (Phi) is 5.09. The summed E-state index contributed by atoms with van der Waals surface area (Å²) in [5, 5.41) is 11.5. The Morgan fingerprint density at radius 1 is 1.19 bits per heavy atom. The van der Waals surface area contributed by atoms with Crippen LogP contribution in [0.3, 0.4) is 0 Å². The molecule has 0 saturated carbocycles. The number of aromatic nitrogens is 3. The zero-order chi connectivity index (χ0) is 18.7. The average Bonchev–Trinajstić information content (AvgIpc) is 2.92. The van der Waals surface area contributed by atoms with Crippen LogP contribution in [0.1, 0.15) is 43.3 Å². The number of hydrogen-bond acceptors (Lipinski definition) is 3. The van der Waals surface area contributed by atoms with Gasteiger partial charge in [0.2, 0.25) is 0 Å². The van der Waals surface area contributed by atoms with Crippen molar-refractivity contribution in [2.24, 2.45) is 5.10 Å². The third-order valence-electron chi connectivity index (χ3n) is 4.07. The molecule has 1 heterocycles. The minimum atomic E-state index is -0.371. The summed E-state index contributed by atoms with van der Waals surface area (Å²) in [6, 6.07) is 15.6. The number of halogens is 1. The maximum Gasteiger partial charge on any atom is 0.364 e. The SMILES string of the molecule is CC(C)(C)c1ccc(/C=N/n2c(Cc3cccc(Cl)c3)n[nH]c2=O)cc1. The molecule has 0 amide bonds. The van der Waals surface area contributed by atoms with Crippen molar-refractivity contribution in [2.45, 2.75) is 32.6 Å². The standard InChI is InChI=1S/C20H21ClN4O/c1-20(2,3)16-9-7-14(8-10-16)13-22-25-18(23-24-19(25)26)12-15-5-4-6-17(21)11-15/h4-11,13H,12H2,1-3H3,(H,24,26)/b22-13+. The average molecular weight is 369 g/mol. The van der Waals surface area contributed by atoms with Gasteiger partial charge < -0.3 is 0 Å². The Morgan fingerprint density at radius 3 is 2.58 bits per heavy atom. The highest BCUT2D eigenvalue weighted by atomic mass is 35.5. The van der Waals surface area contributed by atoms with E-state index in [0.717, 1.165) is 11.1 Å². The molecule has 0 bridgehead atoms. The Balaban J connectivity index is 1.83. The van der Waals surface area contributed by atoms with Crippen LogP contribution >= 0.6 is 11.6 Å². The van der Waals surface area contributed by atoms with Crippen LogP contribution in [-0.4, -0.2) is 21.1 Å². The van der Waals surface area contributed by atoms with Gasteiger partial charge in [-0.25, -0.2) is 9.89 Å². The number of nitrogens with zero attached hydrogens (tertiary/aromatic N) is 3. The molecule has 0 fully saturated rings. The summed E-state index contributed by atoms with van der Waals surface area (Å²) in [4.78, 5) is 12.0. The zero-order valence-corrected chi connectivity index (χ0v) is 15.8. The lowest BCUT2D eigenvalue weighted by molar-refractivity contribution is 0.590. The first-order valence-electron chi connectivity index (χ1n) is 8.38. The van der Waals surface area contributed by atoms with E-state index in [1.807, 2.05) is 36.4 Å². The first-order valence-corrected chi connectivity index (χ1v) is 8.76. The smallest absolute Gasteiger partial charge is 0.244 e. The van der Waals surface area contributed by atoms with E-state index in [1.54, 1.807) is 6.21 Å². The van der Waals surface area contributed by atoms with Crippen LogP contribution in [0, 0.1) is 0 Å². The maximum absolute atomic E-state index is 12.0. The number of H-pyrrole nitrogens is 1. The van der Waals surface area contributed by atoms with E-state index in [-0.39, 0.29) is 11.1 Å². The van der Waals surface area contributed by atoms with Crippen LogP contribution in [0.15, 0.2) is 58.4 Å². The monoisotopic (exact) mass is 368 g/mol. The Morgan fingerprint density at radius 2 is 1.92 bits per heavy atom. The highest BCUT2D eigenvalue weighted by molar-refractivity contribution is 6.30. The maximum atomic E-state index is 12.0. The van der Waals surface area contributed by atoms with Crippen LogP contribution in [0.4, 0.5) is 0 Å². The Hall–Kier alpha value is -2.66. The van der Waals surface area contributed by atoms with Gasteiger partial charge in [-0.05, 0) is 34.2 Å². The summed E-state index contributed by atoms with van der Waals surface area (Å²) < 4.78 is 1.28. The van der Waals surface area contributed by atoms with E-state index >= 15 is 0 Å². The number of hydrogen-bond donors (Lipinski definition) is 1. The van der Waals surface area contributed by atoms with Crippen molar-refractivity contribution in [3.05, 3.63) is 86.6 Å². The van der Waals surface area contributed by atoms with Gasteiger partial charge in [-0.2, -0.15) is 14.9 Å². The van der Waals surface area contributed by atoms with Crippen molar-refractivity contribution in [1.29, 1.82) is 0 Å². The third kappa shape index (κ3) is 4.29. The summed E-state index contributed by atoms with van der Waals surface area (Å²) in [6.45, 7) is 6.51. The van der Waals surface area contributed by atoms with Gasteiger partial charge in [0.05, 0.1) is 6.21 Å². The van der Waals surface area contributed by atoms with Crippen LogP contribution in [0.2, 0.25) is 5.02 Å². The number of rotatable bonds is 4. The van der Waals surface area contributed by atoms with Crippen LogP contribution in [0.25, 0.3) is 0 Å². The van der Waals surface area contributed by atoms with Gasteiger partial charge in [0, 0.05) is 11.4 Å². The highest BCUT2D eigenvalue weighted by Crippen LogP contribution is 2.21. The normalized spacial score (nSPS) is 12.0. The van der Waals surface area contributed by atoms with Crippen molar-refractivity contribution in [3.8, 4) is 0 Å². The first-order chi connectivity index (χ1) is 12.3. The van der Waals surface area contributed by atoms with E-state index in [9.17, 15) is 4.79 Å². The fourth-order valence-corrected chi connectivity index (χ4v) is 2.79. The molecule has 3 aromatic rings. The molecule has 0 aliphatic rings. The molecule has 1 aromatic heterocycles. The molecule has 0 saturated heterocycles.